The van der Waals surface area contributed by atoms with Gasteiger partial charge >= 0.3 is 0 Å². The maximum Gasteiger partial charge on any atom is 0.120 e. The molecule has 2 N–H and O–H groups in total. The van der Waals surface area contributed by atoms with Crippen LogP contribution in [0.2, 0.25) is 0 Å². The quantitative estimate of drug-likeness (QED) is 0.235. The molecule has 0 atom stereocenters. The van der Waals surface area contributed by atoms with Gasteiger partial charge in [-0.1, -0.05) is 24.3 Å². The lowest BCUT2D eigenvalue weighted by atomic mass is 9.99. The number of aliphatic hydroxyl groups excluding tert-OH is 2. The first-order valence-electron chi connectivity index (χ1n) is 11.7. The molecule has 35 heavy (non-hydrogen) atoms. The van der Waals surface area contributed by atoms with Crippen molar-refractivity contribution in [3.63, 3.8) is 0 Å². The van der Waals surface area contributed by atoms with E-state index in [0.29, 0.717) is 39.6 Å². The number of benzene rings is 4. The Morgan fingerprint density at radius 2 is 1.00 bits per heavy atom. The first kappa shape index (κ1) is 23.8. The van der Waals surface area contributed by atoms with Crippen LogP contribution in [-0.2, 0) is 9.47 Å². The van der Waals surface area contributed by atoms with E-state index in [9.17, 15) is 0 Å². The molecule has 6 nitrogen and oxygen atoms in total. The van der Waals surface area contributed by atoms with Gasteiger partial charge in [0.05, 0.1) is 39.6 Å². The Balaban J connectivity index is 1.53. The summed E-state index contributed by atoms with van der Waals surface area (Å²) in [5.74, 6) is 1.59. The van der Waals surface area contributed by atoms with E-state index >= 15 is 0 Å². The van der Waals surface area contributed by atoms with Crippen LogP contribution in [0.1, 0.15) is 0 Å². The average molecular weight is 493 g/mol. The van der Waals surface area contributed by atoms with Gasteiger partial charge in [-0.25, -0.2) is 0 Å². The summed E-state index contributed by atoms with van der Waals surface area (Å²) in [5.41, 5.74) is 0. The molecule has 0 saturated heterocycles. The van der Waals surface area contributed by atoms with Crippen LogP contribution in [0, 0.1) is 0 Å². The minimum absolute atomic E-state index is 0.0113. The lowest BCUT2D eigenvalue weighted by Crippen LogP contribution is -2.09. The van der Waals surface area contributed by atoms with E-state index < -0.39 is 0 Å². The van der Waals surface area contributed by atoms with Gasteiger partial charge in [-0.2, -0.15) is 0 Å². The first-order valence-corrected chi connectivity index (χ1v) is 12.5. The smallest absolute Gasteiger partial charge is 0.120 e. The van der Waals surface area contributed by atoms with E-state index in [-0.39, 0.29) is 13.2 Å². The summed E-state index contributed by atoms with van der Waals surface area (Å²) in [6.45, 7) is 2.38. The van der Waals surface area contributed by atoms with Gasteiger partial charge in [0.2, 0.25) is 0 Å². The molecule has 182 valence electrons. The number of rotatable bonds is 12. The van der Waals surface area contributed by atoms with Crippen molar-refractivity contribution in [1.29, 1.82) is 0 Å². The molecule has 1 heterocycles. The zero-order valence-corrected chi connectivity index (χ0v) is 20.2. The van der Waals surface area contributed by atoms with E-state index in [1.165, 1.54) is 20.2 Å². The number of thiophene rings is 1. The van der Waals surface area contributed by atoms with Crippen LogP contribution in [0.4, 0.5) is 0 Å². The predicted molar refractivity (Wildman–Crippen MR) is 141 cm³/mol. The zero-order valence-electron chi connectivity index (χ0n) is 19.4. The van der Waals surface area contributed by atoms with Crippen LogP contribution in [0.25, 0.3) is 41.7 Å². The van der Waals surface area contributed by atoms with Gasteiger partial charge < -0.3 is 29.2 Å². The molecule has 5 rings (SSSR count). The minimum Gasteiger partial charge on any atom is -0.491 e. The van der Waals surface area contributed by atoms with Crippen LogP contribution in [-0.4, -0.2) is 63.1 Å². The lowest BCUT2D eigenvalue weighted by Gasteiger charge is -2.10. The Morgan fingerprint density at radius 3 is 1.46 bits per heavy atom. The highest BCUT2D eigenvalue weighted by Crippen LogP contribution is 2.43. The molecular weight excluding hydrogens is 464 g/mol. The zero-order chi connectivity index (χ0) is 24.0. The molecule has 7 heteroatoms. The normalized spacial score (nSPS) is 11.7. The van der Waals surface area contributed by atoms with E-state index in [2.05, 4.69) is 48.5 Å². The molecule has 0 spiro atoms. The third-order valence-corrected chi connectivity index (χ3v) is 6.96. The summed E-state index contributed by atoms with van der Waals surface area (Å²) < 4.78 is 24.9. The third-order valence-electron chi connectivity index (χ3n) is 5.84. The Labute approximate surface area is 207 Å². The van der Waals surface area contributed by atoms with E-state index in [1.54, 1.807) is 11.3 Å². The molecule has 0 fully saturated rings. The average Bonchev–Trinajstić information content (AvgIpc) is 3.28. The number of ether oxygens (including phenoxy) is 4. The highest BCUT2D eigenvalue weighted by molar-refractivity contribution is 7.26. The van der Waals surface area contributed by atoms with Crippen molar-refractivity contribution in [2.24, 2.45) is 0 Å². The molecule has 4 aromatic carbocycles. The molecule has 0 amide bonds. The molecular formula is C28H28O6S. The summed E-state index contributed by atoms with van der Waals surface area (Å²) in [6, 6.07) is 21.1. The molecule has 0 saturated carbocycles. The first-order chi connectivity index (χ1) is 17.3. The summed E-state index contributed by atoms with van der Waals surface area (Å²) in [4.78, 5) is 0. The molecule has 0 radical (unpaired) electrons. The maximum atomic E-state index is 8.85. The minimum atomic E-state index is 0.0113. The van der Waals surface area contributed by atoms with Crippen LogP contribution in [0.15, 0.2) is 60.7 Å². The molecule has 1 aromatic heterocycles. The van der Waals surface area contributed by atoms with Gasteiger partial charge in [0.1, 0.15) is 24.7 Å². The van der Waals surface area contributed by atoms with Crippen LogP contribution >= 0.6 is 11.3 Å². The van der Waals surface area contributed by atoms with Crippen molar-refractivity contribution >= 4 is 53.1 Å². The second-order valence-electron chi connectivity index (χ2n) is 8.11. The molecule has 0 unspecified atom stereocenters. The van der Waals surface area contributed by atoms with Crippen LogP contribution < -0.4 is 9.47 Å². The maximum absolute atomic E-state index is 8.85. The summed E-state index contributed by atoms with van der Waals surface area (Å²) in [7, 11) is 0. The second kappa shape index (κ2) is 11.2. The van der Waals surface area contributed by atoms with Crippen LogP contribution in [0.5, 0.6) is 11.5 Å². The topological polar surface area (TPSA) is 77.4 Å². The van der Waals surface area contributed by atoms with Crippen molar-refractivity contribution in [3.8, 4) is 11.5 Å². The summed E-state index contributed by atoms with van der Waals surface area (Å²) >= 11 is 1.79. The highest BCUT2D eigenvalue weighted by Gasteiger charge is 2.13. The van der Waals surface area contributed by atoms with E-state index in [0.717, 1.165) is 33.0 Å². The predicted octanol–water partition coefficient (Wildman–Crippen LogP) is 5.14. The monoisotopic (exact) mass is 492 g/mol. The fraction of sp³-hybridized carbons (Fsp3) is 0.286. The third kappa shape index (κ3) is 5.19. The SMILES string of the molecule is OCCOCCOc1ccc2ccc3sc4ccc5ccc(OCCOCCO)cc5c4c3c2c1. The number of hydrogen-bond acceptors (Lipinski definition) is 7. The van der Waals surface area contributed by atoms with Crippen LogP contribution in [0.3, 0.4) is 0 Å². The van der Waals surface area contributed by atoms with Gasteiger partial charge in [-0.05, 0) is 57.9 Å². The summed E-state index contributed by atoms with van der Waals surface area (Å²) in [5, 5.41) is 24.8. The van der Waals surface area contributed by atoms with Gasteiger partial charge in [0.25, 0.3) is 0 Å². The Kier molecular flexibility index (Phi) is 7.61. The van der Waals surface area contributed by atoms with Gasteiger partial charge in [-0.3, -0.25) is 0 Å². The lowest BCUT2D eigenvalue weighted by molar-refractivity contribution is 0.0705. The van der Waals surface area contributed by atoms with Crippen molar-refractivity contribution in [3.05, 3.63) is 60.7 Å². The van der Waals surface area contributed by atoms with Gasteiger partial charge in [0, 0.05) is 20.2 Å². The Morgan fingerprint density at radius 1 is 0.543 bits per heavy atom. The fourth-order valence-corrected chi connectivity index (χ4v) is 5.45. The van der Waals surface area contributed by atoms with Gasteiger partial charge in [-0.15, -0.1) is 11.3 Å². The molecule has 0 aliphatic carbocycles. The number of aliphatic hydroxyl groups is 2. The molecule has 0 aliphatic rings. The van der Waals surface area contributed by atoms with E-state index in [1.807, 2.05) is 12.1 Å². The molecule has 0 bridgehead atoms. The van der Waals surface area contributed by atoms with Crippen molar-refractivity contribution in [1.82, 2.24) is 0 Å². The fourth-order valence-electron chi connectivity index (χ4n) is 4.31. The van der Waals surface area contributed by atoms with Crippen molar-refractivity contribution in [2.75, 3.05) is 52.9 Å². The largest absolute Gasteiger partial charge is 0.491 e. The Bertz CT molecular complexity index is 1340. The van der Waals surface area contributed by atoms with Gasteiger partial charge in [0.15, 0.2) is 0 Å². The van der Waals surface area contributed by atoms with Crippen molar-refractivity contribution < 1.29 is 29.2 Å². The van der Waals surface area contributed by atoms with E-state index in [4.69, 9.17) is 29.2 Å². The highest BCUT2D eigenvalue weighted by atomic mass is 32.1. The summed E-state index contributed by atoms with van der Waals surface area (Å²) in [6.07, 6.45) is 0. The number of fused-ring (bicyclic) bond motifs is 7. The molecule has 5 aromatic rings. The molecule has 0 aliphatic heterocycles. The number of hydrogen-bond donors (Lipinski definition) is 2. The standard InChI is InChI=1S/C28H28O6S/c29-9-11-31-13-15-33-21-5-1-19-3-7-25-27(23(19)17-21)28-24-18-22(34-16-14-32-12-10-30)6-2-20(24)4-8-26(28)35-25/h1-8,17-18,29-30H,9-16H2. The van der Waals surface area contributed by atoms with Crippen molar-refractivity contribution in [2.45, 2.75) is 0 Å². The Hall–Kier alpha value is -2.94. The second-order valence-corrected chi connectivity index (χ2v) is 9.20.